The number of amides is 2. The summed E-state index contributed by atoms with van der Waals surface area (Å²) in [4.78, 5) is 26.1. The molecule has 0 bridgehead atoms. The molecule has 0 saturated heterocycles. The number of nitrogens with two attached hydrogens (primary N) is 2. The highest BCUT2D eigenvalue weighted by atomic mass is 16.2. The van der Waals surface area contributed by atoms with E-state index in [4.69, 9.17) is 11.5 Å². The number of rotatable bonds is 6. The topological polar surface area (TPSA) is 89.4 Å². The lowest BCUT2D eigenvalue weighted by Crippen LogP contribution is -2.40. The van der Waals surface area contributed by atoms with Gasteiger partial charge in [0.15, 0.2) is 0 Å². The second-order valence-corrected chi connectivity index (χ2v) is 6.79. The average molecular weight is 315 g/mol. The number of hydrogen-bond donors (Lipinski definition) is 2. The maximum absolute atomic E-state index is 13.0. The van der Waals surface area contributed by atoms with E-state index in [0.717, 1.165) is 37.7 Å². The van der Waals surface area contributed by atoms with Gasteiger partial charge in [0.05, 0.1) is 0 Å². The summed E-state index contributed by atoms with van der Waals surface area (Å²) in [6, 6.07) is 7.60. The van der Waals surface area contributed by atoms with Crippen molar-refractivity contribution >= 4 is 11.8 Å². The van der Waals surface area contributed by atoms with Gasteiger partial charge in [-0.2, -0.15) is 0 Å². The summed E-state index contributed by atoms with van der Waals surface area (Å²) in [5.74, 6) is 0.259. The molecule has 2 amide bonds. The van der Waals surface area contributed by atoms with Crippen molar-refractivity contribution in [1.82, 2.24) is 4.90 Å². The molecular formula is C18H25N3O2. The molecule has 1 aromatic carbocycles. The normalized spacial score (nSPS) is 23.7. The first-order valence-corrected chi connectivity index (χ1v) is 8.49. The Bertz CT molecular complexity index is 580. The van der Waals surface area contributed by atoms with E-state index in [9.17, 15) is 9.59 Å². The van der Waals surface area contributed by atoms with E-state index in [-0.39, 0.29) is 11.8 Å². The number of primary amides is 1. The van der Waals surface area contributed by atoms with E-state index in [0.29, 0.717) is 30.6 Å². The lowest BCUT2D eigenvalue weighted by Gasteiger charge is -2.28. The molecule has 2 saturated carbocycles. The quantitative estimate of drug-likeness (QED) is 0.836. The minimum absolute atomic E-state index is 0.0884. The van der Waals surface area contributed by atoms with Crippen LogP contribution in [0.25, 0.3) is 0 Å². The second kappa shape index (κ2) is 6.71. The maximum Gasteiger partial charge on any atom is 0.248 e. The summed E-state index contributed by atoms with van der Waals surface area (Å²) in [5, 5.41) is 0. The van der Waals surface area contributed by atoms with Crippen molar-refractivity contribution in [2.45, 2.75) is 44.7 Å². The van der Waals surface area contributed by atoms with Crippen LogP contribution in [0, 0.1) is 11.8 Å². The Hall–Kier alpha value is -1.88. The van der Waals surface area contributed by atoms with E-state index in [1.165, 1.54) is 0 Å². The van der Waals surface area contributed by atoms with Gasteiger partial charge >= 0.3 is 0 Å². The highest BCUT2D eigenvalue weighted by molar-refractivity contribution is 5.92. The summed E-state index contributed by atoms with van der Waals surface area (Å²) in [6.45, 7) is 1.21. The molecule has 0 aromatic heterocycles. The first-order chi connectivity index (χ1) is 11.1. The molecule has 2 atom stereocenters. The van der Waals surface area contributed by atoms with Crippen molar-refractivity contribution in [3.05, 3.63) is 35.4 Å². The molecule has 0 aliphatic heterocycles. The molecule has 4 N–H and O–H groups in total. The van der Waals surface area contributed by atoms with Crippen molar-refractivity contribution < 1.29 is 9.59 Å². The highest BCUT2D eigenvalue weighted by Crippen LogP contribution is 2.36. The summed E-state index contributed by atoms with van der Waals surface area (Å²) in [7, 11) is 0. The maximum atomic E-state index is 13.0. The monoisotopic (exact) mass is 315 g/mol. The predicted molar refractivity (Wildman–Crippen MR) is 88.4 cm³/mol. The third kappa shape index (κ3) is 3.55. The minimum atomic E-state index is -0.427. The summed E-state index contributed by atoms with van der Waals surface area (Å²) >= 11 is 0. The molecule has 2 aliphatic rings. The number of nitrogens with zero attached hydrogens (tertiary/aromatic N) is 1. The first-order valence-electron chi connectivity index (χ1n) is 8.49. The van der Waals surface area contributed by atoms with Crippen molar-refractivity contribution in [3.63, 3.8) is 0 Å². The molecule has 1 aromatic rings. The van der Waals surface area contributed by atoms with Gasteiger partial charge in [0, 0.05) is 24.1 Å². The van der Waals surface area contributed by atoms with Crippen molar-refractivity contribution in [1.29, 1.82) is 0 Å². The van der Waals surface area contributed by atoms with E-state index in [1.54, 1.807) is 12.1 Å². The van der Waals surface area contributed by atoms with Crippen LogP contribution in [0.4, 0.5) is 0 Å². The highest BCUT2D eigenvalue weighted by Gasteiger charge is 2.40. The molecule has 0 unspecified atom stereocenters. The fraction of sp³-hybridized carbons (Fsp3) is 0.556. The Morgan fingerprint density at radius 1 is 1.09 bits per heavy atom. The summed E-state index contributed by atoms with van der Waals surface area (Å²) in [6.07, 6.45) is 5.31. The van der Waals surface area contributed by atoms with Gasteiger partial charge in [0.2, 0.25) is 11.8 Å². The van der Waals surface area contributed by atoms with Crippen LogP contribution in [0.15, 0.2) is 24.3 Å². The molecule has 23 heavy (non-hydrogen) atoms. The molecule has 0 heterocycles. The lowest BCUT2D eigenvalue weighted by atomic mass is 9.94. The molecular weight excluding hydrogens is 290 g/mol. The van der Waals surface area contributed by atoms with Crippen LogP contribution in [0.3, 0.4) is 0 Å². The van der Waals surface area contributed by atoms with E-state index < -0.39 is 5.91 Å². The molecule has 0 spiro atoms. The van der Waals surface area contributed by atoms with Crippen molar-refractivity contribution in [2.75, 3.05) is 6.54 Å². The van der Waals surface area contributed by atoms with E-state index in [2.05, 4.69) is 0 Å². The molecule has 124 valence electrons. The van der Waals surface area contributed by atoms with Crippen molar-refractivity contribution in [3.8, 4) is 0 Å². The third-order valence-electron chi connectivity index (χ3n) is 5.14. The predicted octanol–water partition coefficient (Wildman–Crippen LogP) is 1.65. The molecule has 5 nitrogen and oxygen atoms in total. The van der Waals surface area contributed by atoms with Gasteiger partial charge in [-0.1, -0.05) is 18.6 Å². The number of hydrogen-bond acceptors (Lipinski definition) is 3. The Labute approximate surface area is 137 Å². The largest absolute Gasteiger partial charge is 0.366 e. The van der Waals surface area contributed by atoms with Gasteiger partial charge in [0.25, 0.3) is 0 Å². The van der Waals surface area contributed by atoms with Crippen molar-refractivity contribution in [2.24, 2.45) is 23.3 Å². The number of carbonyl (C=O) groups excluding carboxylic acids is 2. The lowest BCUT2D eigenvalue weighted by molar-refractivity contribution is -0.137. The van der Waals surface area contributed by atoms with Crippen LogP contribution >= 0.6 is 0 Å². The average Bonchev–Trinajstić information content (AvgIpc) is 3.28. The van der Waals surface area contributed by atoms with Crippen LogP contribution in [-0.4, -0.2) is 29.3 Å². The minimum Gasteiger partial charge on any atom is -0.366 e. The van der Waals surface area contributed by atoms with Gasteiger partial charge in [-0.25, -0.2) is 0 Å². The zero-order chi connectivity index (χ0) is 16.4. The van der Waals surface area contributed by atoms with Gasteiger partial charge in [0.1, 0.15) is 0 Å². The van der Waals surface area contributed by atoms with E-state index in [1.807, 2.05) is 17.0 Å². The standard InChI is InChI=1S/C18H25N3O2/c19-10-14-2-1-3-16(14)18(23)21(15-8-9-15)11-12-4-6-13(7-5-12)17(20)22/h4-7,14-16H,1-3,8-11,19H2,(H2,20,22)/t14-,16-/m1/s1. The molecule has 2 aliphatic carbocycles. The smallest absolute Gasteiger partial charge is 0.248 e. The Morgan fingerprint density at radius 2 is 1.78 bits per heavy atom. The Kier molecular flexibility index (Phi) is 4.66. The number of benzene rings is 1. The molecule has 0 radical (unpaired) electrons. The Balaban J connectivity index is 1.71. The first kappa shape index (κ1) is 16.0. The van der Waals surface area contributed by atoms with Gasteiger partial charge < -0.3 is 16.4 Å². The van der Waals surface area contributed by atoms with Crippen LogP contribution in [0.5, 0.6) is 0 Å². The number of carbonyl (C=O) groups is 2. The summed E-state index contributed by atoms with van der Waals surface area (Å²) < 4.78 is 0. The second-order valence-electron chi connectivity index (χ2n) is 6.79. The van der Waals surface area contributed by atoms with Crippen LogP contribution in [0.2, 0.25) is 0 Å². The van der Waals surface area contributed by atoms with Crippen LogP contribution in [-0.2, 0) is 11.3 Å². The zero-order valence-electron chi connectivity index (χ0n) is 13.4. The fourth-order valence-corrected chi connectivity index (χ4v) is 3.60. The Morgan fingerprint density at radius 3 is 2.35 bits per heavy atom. The van der Waals surface area contributed by atoms with Gasteiger partial charge in [-0.05, 0) is 55.8 Å². The summed E-state index contributed by atoms with van der Waals surface area (Å²) in [5.41, 5.74) is 12.6. The zero-order valence-corrected chi connectivity index (χ0v) is 13.4. The molecule has 3 rings (SSSR count). The molecule has 5 heteroatoms. The SMILES string of the molecule is NC[C@H]1CCC[C@H]1C(=O)N(Cc1ccc(C(N)=O)cc1)C1CC1. The molecule has 2 fully saturated rings. The van der Waals surface area contributed by atoms with Crippen LogP contribution in [0.1, 0.15) is 48.0 Å². The fourth-order valence-electron chi connectivity index (χ4n) is 3.60. The van der Waals surface area contributed by atoms with Crippen LogP contribution < -0.4 is 11.5 Å². The van der Waals surface area contributed by atoms with Gasteiger partial charge in [-0.15, -0.1) is 0 Å². The van der Waals surface area contributed by atoms with Gasteiger partial charge in [-0.3, -0.25) is 9.59 Å². The third-order valence-corrected chi connectivity index (χ3v) is 5.14. The van der Waals surface area contributed by atoms with E-state index >= 15 is 0 Å².